The van der Waals surface area contributed by atoms with Crippen LogP contribution in [0.4, 0.5) is 22.0 Å². The van der Waals surface area contributed by atoms with Crippen molar-refractivity contribution in [2.24, 2.45) is 13.0 Å². The van der Waals surface area contributed by atoms with Crippen molar-refractivity contribution in [1.82, 2.24) is 19.3 Å². The van der Waals surface area contributed by atoms with E-state index in [2.05, 4.69) is 14.8 Å². The van der Waals surface area contributed by atoms with Crippen LogP contribution in [0.15, 0.2) is 42.6 Å². The molecule has 2 atom stereocenters. The predicted octanol–water partition coefficient (Wildman–Crippen LogP) is 5.93. The fourth-order valence-electron chi connectivity index (χ4n) is 5.16. The molecule has 40 heavy (non-hydrogen) atoms. The topological polar surface area (TPSA) is 91.4 Å². The molecule has 13 heteroatoms. The van der Waals surface area contributed by atoms with E-state index in [0.29, 0.717) is 35.9 Å². The molecule has 0 radical (unpaired) electrons. The fourth-order valence-corrected chi connectivity index (χ4v) is 5.16. The number of fused-ring (bicyclic) bond motifs is 1. The van der Waals surface area contributed by atoms with Crippen molar-refractivity contribution in [3.8, 4) is 11.5 Å². The largest absolute Gasteiger partial charge is 0.573 e. The lowest BCUT2D eigenvalue weighted by Crippen LogP contribution is -2.28. The number of benzene rings is 2. The van der Waals surface area contributed by atoms with Crippen LogP contribution in [0.25, 0.3) is 11.0 Å². The van der Waals surface area contributed by atoms with Crippen LogP contribution in [0, 0.1) is 17.6 Å². The number of carboxylic acids is 1. The van der Waals surface area contributed by atoms with Gasteiger partial charge in [-0.1, -0.05) is 18.9 Å². The van der Waals surface area contributed by atoms with E-state index in [1.165, 1.54) is 6.07 Å². The van der Waals surface area contributed by atoms with Gasteiger partial charge in [-0.15, -0.1) is 13.2 Å². The average Bonchev–Trinajstić information content (AvgIpc) is 3.45. The van der Waals surface area contributed by atoms with Crippen LogP contribution in [0.2, 0.25) is 0 Å². The zero-order chi connectivity index (χ0) is 28.6. The Kier molecular flexibility index (Phi) is 7.39. The van der Waals surface area contributed by atoms with Crippen molar-refractivity contribution in [3.05, 3.63) is 71.3 Å². The van der Waals surface area contributed by atoms with Crippen LogP contribution in [0.5, 0.6) is 11.5 Å². The lowest BCUT2D eigenvalue weighted by Gasteiger charge is -2.28. The molecule has 0 bridgehead atoms. The summed E-state index contributed by atoms with van der Waals surface area (Å²) in [7, 11) is 1.73. The van der Waals surface area contributed by atoms with E-state index in [9.17, 15) is 27.5 Å². The van der Waals surface area contributed by atoms with Crippen molar-refractivity contribution < 1.29 is 41.3 Å². The maximum Gasteiger partial charge on any atom is 0.573 e. The summed E-state index contributed by atoms with van der Waals surface area (Å²) in [5, 5.41) is 14.1. The third kappa shape index (κ3) is 5.87. The molecule has 2 aromatic carbocycles. The molecular formula is C27H25F5N4O4. The first-order chi connectivity index (χ1) is 19.0. The predicted molar refractivity (Wildman–Crippen MR) is 132 cm³/mol. The number of aliphatic carboxylic acids is 1. The number of alkyl halides is 3. The third-order valence-electron chi connectivity index (χ3n) is 6.98. The summed E-state index contributed by atoms with van der Waals surface area (Å²) in [6, 6.07) is 7.06. The molecule has 1 aliphatic rings. The van der Waals surface area contributed by atoms with Gasteiger partial charge in [0.1, 0.15) is 24.0 Å². The molecule has 0 amide bonds. The highest BCUT2D eigenvalue weighted by atomic mass is 19.4. The summed E-state index contributed by atoms with van der Waals surface area (Å²) in [5.41, 5.74) is 1.14. The Hall–Kier alpha value is -4.16. The van der Waals surface area contributed by atoms with E-state index >= 15 is 4.39 Å². The molecule has 0 saturated heterocycles. The van der Waals surface area contributed by atoms with Gasteiger partial charge in [0, 0.05) is 42.9 Å². The van der Waals surface area contributed by atoms with Crippen molar-refractivity contribution >= 4 is 17.0 Å². The van der Waals surface area contributed by atoms with Gasteiger partial charge in [-0.25, -0.2) is 13.8 Å². The summed E-state index contributed by atoms with van der Waals surface area (Å²) >= 11 is 0. The van der Waals surface area contributed by atoms with Crippen molar-refractivity contribution in [2.75, 3.05) is 0 Å². The van der Waals surface area contributed by atoms with Gasteiger partial charge in [0.05, 0.1) is 29.2 Å². The molecule has 2 unspecified atom stereocenters. The second kappa shape index (κ2) is 10.8. The van der Waals surface area contributed by atoms with Gasteiger partial charge < -0.3 is 19.1 Å². The number of nitrogens with zero attached hydrogens (tertiary/aromatic N) is 4. The van der Waals surface area contributed by atoms with Gasteiger partial charge in [-0.3, -0.25) is 9.48 Å². The van der Waals surface area contributed by atoms with E-state index in [1.807, 2.05) is 0 Å². The van der Waals surface area contributed by atoms with Gasteiger partial charge >= 0.3 is 12.3 Å². The zero-order valence-electron chi connectivity index (χ0n) is 21.3. The molecule has 0 spiro atoms. The Balaban J connectivity index is 1.57. The average molecular weight is 565 g/mol. The van der Waals surface area contributed by atoms with Crippen LogP contribution < -0.4 is 9.47 Å². The number of rotatable bonds is 8. The molecule has 1 aliphatic carbocycles. The summed E-state index contributed by atoms with van der Waals surface area (Å²) in [6.07, 6.45) is -0.863. The molecule has 212 valence electrons. The quantitative estimate of drug-likeness (QED) is 0.267. The number of ether oxygens (including phenoxy) is 2. The molecule has 2 heterocycles. The molecule has 1 saturated carbocycles. The SMILES string of the molecule is Cn1ccc(COc2cc3c(cc2F)nc(C2CCCCC2C(=O)O)n3Cc2ccc(OC(F)(F)F)cc2F)n1. The Bertz CT molecular complexity index is 1550. The first-order valence-corrected chi connectivity index (χ1v) is 12.6. The van der Waals surface area contributed by atoms with Crippen molar-refractivity contribution in [2.45, 2.75) is 51.1 Å². The summed E-state index contributed by atoms with van der Waals surface area (Å²) < 4.78 is 80.4. The minimum Gasteiger partial charge on any atom is -0.484 e. The second-order valence-electron chi connectivity index (χ2n) is 9.73. The van der Waals surface area contributed by atoms with E-state index in [0.717, 1.165) is 31.0 Å². The van der Waals surface area contributed by atoms with Crippen LogP contribution in [-0.4, -0.2) is 36.8 Å². The highest BCUT2D eigenvalue weighted by molar-refractivity contribution is 5.79. The summed E-state index contributed by atoms with van der Waals surface area (Å²) in [4.78, 5) is 16.6. The Morgan fingerprint density at radius 3 is 2.55 bits per heavy atom. The fraction of sp³-hybridized carbons (Fsp3) is 0.370. The number of hydrogen-bond donors (Lipinski definition) is 1. The van der Waals surface area contributed by atoms with E-state index in [-0.39, 0.29) is 30.0 Å². The van der Waals surface area contributed by atoms with E-state index < -0.39 is 41.6 Å². The van der Waals surface area contributed by atoms with Crippen LogP contribution in [0.3, 0.4) is 0 Å². The second-order valence-corrected chi connectivity index (χ2v) is 9.73. The first kappa shape index (κ1) is 27.4. The van der Waals surface area contributed by atoms with Gasteiger partial charge in [0.25, 0.3) is 0 Å². The summed E-state index contributed by atoms with van der Waals surface area (Å²) in [6.45, 7) is -0.221. The van der Waals surface area contributed by atoms with Crippen LogP contribution in [0.1, 0.15) is 48.7 Å². The van der Waals surface area contributed by atoms with E-state index in [1.54, 1.807) is 28.6 Å². The van der Waals surface area contributed by atoms with E-state index in [4.69, 9.17) is 4.74 Å². The molecule has 0 aliphatic heterocycles. The molecular weight excluding hydrogens is 539 g/mol. The molecule has 5 rings (SSSR count). The Morgan fingerprint density at radius 1 is 1.10 bits per heavy atom. The molecule has 1 fully saturated rings. The minimum atomic E-state index is -4.98. The number of carboxylic acid groups (broad SMARTS) is 1. The lowest BCUT2D eigenvalue weighted by atomic mass is 9.78. The van der Waals surface area contributed by atoms with Crippen LogP contribution >= 0.6 is 0 Å². The Labute approximate surface area is 224 Å². The number of aromatic nitrogens is 4. The van der Waals surface area contributed by atoms with Gasteiger partial charge in [-0.05, 0) is 25.0 Å². The highest BCUT2D eigenvalue weighted by Crippen LogP contribution is 2.40. The Morgan fingerprint density at radius 2 is 1.88 bits per heavy atom. The molecule has 8 nitrogen and oxygen atoms in total. The number of aryl methyl sites for hydroxylation is 1. The normalized spacial score (nSPS) is 17.8. The third-order valence-corrected chi connectivity index (χ3v) is 6.98. The van der Waals surface area contributed by atoms with Crippen molar-refractivity contribution in [1.29, 1.82) is 0 Å². The highest BCUT2D eigenvalue weighted by Gasteiger charge is 2.36. The number of carbonyl (C=O) groups is 1. The van der Waals surface area contributed by atoms with Gasteiger partial charge in [0.2, 0.25) is 0 Å². The zero-order valence-corrected chi connectivity index (χ0v) is 21.3. The maximum atomic E-state index is 15.0. The van der Waals surface area contributed by atoms with Crippen LogP contribution in [-0.2, 0) is 25.0 Å². The molecule has 2 aromatic heterocycles. The standard InChI is InChI=1S/C27H25F5N4O4/c1-35-9-8-16(34-35)14-39-24-12-23-22(11-21(24)29)33-25(18-4-2-3-5-19(18)26(37)38)36(23)13-15-6-7-17(10-20(15)28)40-27(30,31)32/h6-12,18-19H,2-5,13-14H2,1H3,(H,37,38). The smallest absolute Gasteiger partial charge is 0.484 e. The molecule has 1 N–H and O–H groups in total. The summed E-state index contributed by atoms with van der Waals surface area (Å²) in [5.74, 6) is -4.42. The maximum absolute atomic E-state index is 15.0. The monoisotopic (exact) mass is 564 g/mol. The lowest BCUT2D eigenvalue weighted by molar-refractivity contribution is -0.274. The number of hydrogen-bond acceptors (Lipinski definition) is 5. The van der Waals surface area contributed by atoms with Gasteiger partial charge in [0.15, 0.2) is 11.6 Å². The van der Waals surface area contributed by atoms with Gasteiger partial charge in [-0.2, -0.15) is 5.10 Å². The van der Waals surface area contributed by atoms with Crippen molar-refractivity contribution in [3.63, 3.8) is 0 Å². The minimum absolute atomic E-state index is 0.0121. The molecule has 4 aromatic rings. The first-order valence-electron chi connectivity index (χ1n) is 12.6. The number of halogens is 5. The number of imidazole rings is 1.